The number of thiophene rings is 1. The number of ether oxygens (including phenoxy) is 1. The average Bonchev–Trinajstić information content (AvgIpc) is 3.17. The van der Waals surface area contributed by atoms with Gasteiger partial charge in [-0.2, -0.15) is 5.10 Å². The Hall–Kier alpha value is -3.49. The van der Waals surface area contributed by atoms with Crippen LogP contribution in [0.25, 0.3) is 15.9 Å². The van der Waals surface area contributed by atoms with Crippen LogP contribution in [0.15, 0.2) is 64.5 Å². The molecule has 0 amide bonds. The molecule has 0 atom stereocenters. The number of hydrazone groups is 1. The minimum atomic E-state index is -0.311. The predicted molar refractivity (Wildman–Crippen MR) is 140 cm³/mol. The summed E-state index contributed by atoms with van der Waals surface area (Å²) in [7, 11) is 4.01. The average molecular weight is 474 g/mol. The van der Waals surface area contributed by atoms with Crippen LogP contribution in [-0.4, -0.2) is 35.5 Å². The topological polar surface area (TPSA) is 71.8 Å². The highest BCUT2D eigenvalue weighted by atomic mass is 32.1. The lowest BCUT2D eigenvalue weighted by Gasteiger charge is -2.29. The van der Waals surface area contributed by atoms with E-state index in [2.05, 4.69) is 24.4 Å². The first-order valence-corrected chi connectivity index (χ1v) is 12.0. The zero-order chi connectivity index (χ0) is 23.9. The summed E-state index contributed by atoms with van der Waals surface area (Å²) in [5.41, 5.74) is 6.45. The molecule has 0 spiro atoms. The molecule has 1 N–H and O–H groups in total. The summed E-state index contributed by atoms with van der Waals surface area (Å²) in [6.07, 6.45) is 2.41. The van der Waals surface area contributed by atoms with Crippen LogP contribution in [0.3, 0.4) is 0 Å². The molecule has 5 rings (SSSR count). The summed E-state index contributed by atoms with van der Waals surface area (Å²) in [6, 6.07) is 17.6. The summed E-state index contributed by atoms with van der Waals surface area (Å²) in [4.78, 5) is 22.5. The Balaban J connectivity index is 1.57. The molecule has 0 radical (unpaired) electrons. The quantitative estimate of drug-likeness (QED) is 0.333. The van der Waals surface area contributed by atoms with Gasteiger partial charge in [0, 0.05) is 31.1 Å². The van der Waals surface area contributed by atoms with Crippen molar-refractivity contribution < 1.29 is 4.74 Å². The molecule has 0 unspecified atom stereocenters. The summed E-state index contributed by atoms with van der Waals surface area (Å²) >= 11 is 1.52. The summed E-state index contributed by atoms with van der Waals surface area (Å²) in [6.45, 7) is 4.61. The van der Waals surface area contributed by atoms with Gasteiger partial charge in [-0.1, -0.05) is 30.3 Å². The molecule has 0 saturated carbocycles. The molecule has 7 nitrogen and oxygen atoms in total. The highest BCUT2D eigenvalue weighted by Gasteiger charge is 2.31. The number of hydrogen-bond acceptors (Lipinski definition) is 7. The van der Waals surface area contributed by atoms with Gasteiger partial charge in [0.25, 0.3) is 5.56 Å². The fourth-order valence-electron chi connectivity index (χ4n) is 4.11. The van der Waals surface area contributed by atoms with Crippen LogP contribution in [0.1, 0.15) is 29.9 Å². The van der Waals surface area contributed by atoms with Gasteiger partial charge >= 0.3 is 0 Å². The van der Waals surface area contributed by atoms with Crippen molar-refractivity contribution in [2.75, 3.05) is 24.4 Å². The number of benzene rings is 2. The molecule has 34 heavy (non-hydrogen) atoms. The normalized spacial score (nSPS) is 14.9. The molecule has 174 valence electrons. The van der Waals surface area contributed by atoms with Crippen molar-refractivity contribution in [2.24, 2.45) is 5.10 Å². The molecule has 1 aliphatic rings. The first-order chi connectivity index (χ1) is 16.3. The largest absolute Gasteiger partial charge is 0.378 e. The Morgan fingerprint density at radius 2 is 1.88 bits per heavy atom. The Kier molecular flexibility index (Phi) is 5.71. The minimum absolute atomic E-state index is 0.0977. The molecule has 2 aromatic heterocycles. The lowest BCUT2D eigenvalue weighted by Crippen LogP contribution is -2.32. The maximum atomic E-state index is 13.8. The number of aromatic nitrogens is 2. The highest BCUT2D eigenvalue weighted by molar-refractivity contribution is 7.18. The van der Waals surface area contributed by atoms with Crippen molar-refractivity contribution in [3.05, 3.63) is 81.0 Å². The molecule has 2 aromatic carbocycles. The standard InChI is InChI=1S/C26H27N5O2S/c1-26(2)14-20-21(16-33-26)34-23-22(20)24(32)31(19-8-6-5-7-9-19)25(28-23)29-27-15-17-10-12-18(13-11-17)30(3)4/h5-13,15H,14,16H2,1-4H3,(H,28,29)/b27-15+. The fraction of sp³-hybridized carbons (Fsp3) is 0.269. The van der Waals surface area contributed by atoms with E-state index < -0.39 is 0 Å². The Bertz CT molecular complexity index is 1420. The zero-order valence-corrected chi connectivity index (χ0v) is 20.5. The van der Waals surface area contributed by atoms with Gasteiger partial charge < -0.3 is 9.64 Å². The number of nitrogens with zero attached hydrogens (tertiary/aromatic N) is 4. The van der Waals surface area contributed by atoms with Gasteiger partial charge in [-0.25, -0.2) is 15.0 Å². The molecule has 4 aromatic rings. The van der Waals surface area contributed by atoms with Gasteiger partial charge in [-0.3, -0.25) is 4.79 Å². The monoisotopic (exact) mass is 473 g/mol. The second-order valence-corrected chi connectivity index (χ2v) is 10.3. The summed E-state index contributed by atoms with van der Waals surface area (Å²) in [5, 5.41) is 5.07. The molecule has 0 fully saturated rings. The van der Waals surface area contributed by atoms with Crippen LogP contribution >= 0.6 is 11.3 Å². The van der Waals surface area contributed by atoms with Crippen LogP contribution in [-0.2, 0) is 17.8 Å². The first-order valence-electron chi connectivity index (χ1n) is 11.2. The third kappa shape index (κ3) is 4.22. The van der Waals surface area contributed by atoms with Crippen molar-refractivity contribution in [3.8, 4) is 5.69 Å². The third-order valence-electron chi connectivity index (χ3n) is 5.91. The molecule has 1 aliphatic heterocycles. The Labute approximate surface area is 202 Å². The van der Waals surface area contributed by atoms with Gasteiger partial charge in [0.15, 0.2) is 0 Å². The molecule has 0 bridgehead atoms. The SMILES string of the molecule is CN(C)c1ccc(/C=N/Nc2nc3sc4c(c3c(=O)n2-c2ccccc2)CC(C)(C)OC4)cc1. The van der Waals surface area contributed by atoms with Gasteiger partial charge in [0.1, 0.15) is 4.83 Å². The van der Waals surface area contributed by atoms with E-state index in [1.807, 2.05) is 73.6 Å². The highest BCUT2D eigenvalue weighted by Crippen LogP contribution is 2.37. The van der Waals surface area contributed by atoms with E-state index in [4.69, 9.17) is 9.72 Å². The van der Waals surface area contributed by atoms with E-state index in [1.165, 1.54) is 11.3 Å². The fourth-order valence-corrected chi connectivity index (χ4v) is 5.20. The van der Waals surface area contributed by atoms with Crippen molar-refractivity contribution in [3.63, 3.8) is 0 Å². The molecular weight excluding hydrogens is 446 g/mol. The van der Waals surface area contributed by atoms with Crippen LogP contribution in [0, 0.1) is 0 Å². The smallest absolute Gasteiger partial charge is 0.268 e. The van der Waals surface area contributed by atoms with Crippen LogP contribution in [0.2, 0.25) is 0 Å². The molecule has 3 heterocycles. The molecule has 8 heteroatoms. The van der Waals surface area contributed by atoms with Crippen molar-refractivity contribution in [1.82, 2.24) is 9.55 Å². The zero-order valence-electron chi connectivity index (χ0n) is 19.7. The second-order valence-electron chi connectivity index (χ2n) is 9.18. The number of para-hydroxylation sites is 1. The van der Waals surface area contributed by atoms with Crippen molar-refractivity contribution in [2.45, 2.75) is 32.5 Å². The number of nitrogens with one attached hydrogen (secondary N) is 1. The van der Waals surface area contributed by atoms with Crippen LogP contribution in [0.4, 0.5) is 11.6 Å². The van der Waals surface area contributed by atoms with E-state index in [0.29, 0.717) is 29.2 Å². The van der Waals surface area contributed by atoms with Gasteiger partial charge in [-0.15, -0.1) is 11.3 Å². The number of fused-ring (bicyclic) bond motifs is 3. The molecular formula is C26H27N5O2S. The molecule has 0 aliphatic carbocycles. The summed E-state index contributed by atoms with van der Waals surface area (Å²) in [5.74, 6) is 0.378. The van der Waals surface area contributed by atoms with Crippen LogP contribution in [0.5, 0.6) is 0 Å². The Morgan fingerprint density at radius 1 is 1.15 bits per heavy atom. The lowest BCUT2D eigenvalue weighted by molar-refractivity contribution is -0.0379. The third-order valence-corrected chi connectivity index (χ3v) is 7.01. The van der Waals surface area contributed by atoms with E-state index in [0.717, 1.165) is 27.4 Å². The lowest BCUT2D eigenvalue weighted by atomic mass is 9.94. The van der Waals surface area contributed by atoms with E-state index in [1.54, 1.807) is 10.8 Å². The maximum Gasteiger partial charge on any atom is 0.268 e. The van der Waals surface area contributed by atoms with Gasteiger partial charge in [0.2, 0.25) is 5.95 Å². The van der Waals surface area contributed by atoms with Gasteiger partial charge in [-0.05, 0) is 49.2 Å². The van der Waals surface area contributed by atoms with Crippen molar-refractivity contribution >= 4 is 39.4 Å². The number of anilines is 2. The number of hydrogen-bond donors (Lipinski definition) is 1. The van der Waals surface area contributed by atoms with Crippen LogP contribution < -0.4 is 15.9 Å². The Morgan fingerprint density at radius 3 is 2.59 bits per heavy atom. The molecule has 0 saturated heterocycles. The predicted octanol–water partition coefficient (Wildman–Crippen LogP) is 4.81. The summed E-state index contributed by atoms with van der Waals surface area (Å²) < 4.78 is 7.58. The van der Waals surface area contributed by atoms with E-state index in [9.17, 15) is 4.79 Å². The number of rotatable bonds is 5. The second kappa shape index (κ2) is 8.70. The maximum absolute atomic E-state index is 13.8. The van der Waals surface area contributed by atoms with E-state index in [-0.39, 0.29) is 11.2 Å². The first kappa shape index (κ1) is 22.3. The van der Waals surface area contributed by atoms with Crippen molar-refractivity contribution in [1.29, 1.82) is 0 Å². The van der Waals surface area contributed by atoms with E-state index >= 15 is 0 Å². The van der Waals surface area contributed by atoms with Gasteiger partial charge in [0.05, 0.1) is 29.5 Å². The minimum Gasteiger partial charge on any atom is -0.378 e.